The number of sulfone groups is 1. The first-order valence-electron chi connectivity index (χ1n) is 12.9. The zero-order valence-electron chi connectivity index (χ0n) is 21.1. The van der Waals surface area contributed by atoms with E-state index in [9.17, 15) is 18.0 Å². The fourth-order valence-electron chi connectivity index (χ4n) is 6.27. The molecule has 11 nitrogen and oxygen atoms in total. The average molecular weight is 516 g/mol. The number of piperazine rings is 1. The summed E-state index contributed by atoms with van der Waals surface area (Å²) in [4.78, 5) is 29.7. The van der Waals surface area contributed by atoms with Gasteiger partial charge in [0.2, 0.25) is 0 Å². The van der Waals surface area contributed by atoms with Gasteiger partial charge in [0.1, 0.15) is 15.9 Å². The van der Waals surface area contributed by atoms with E-state index in [1.165, 1.54) is 13.4 Å². The van der Waals surface area contributed by atoms with Gasteiger partial charge in [-0.05, 0) is 57.4 Å². The summed E-state index contributed by atoms with van der Waals surface area (Å²) in [5.74, 6) is 0.859. The van der Waals surface area contributed by atoms with Crippen molar-refractivity contribution < 1.29 is 27.5 Å². The number of carbonyl (C=O) groups is 2. The second-order valence-corrected chi connectivity index (χ2v) is 12.9. The van der Waals surface area contributed by atoms with E-state index in [0.29, 0.717) is 31.5 Å². The van der Waals surface area contributed by atoms with E-state index in [1.54, 1.807) is 0 Å². The molecule has 0 spiro atoms. The van der Waals surface area contributed by atoms with Gasteiger partial charge in [0, 0.05) is 39.0 Å². The first-order valence-corrected chi connectivity index (χ1v) is 14.9. The molecule has 0 aromatic carbocycles. The van der Waals surface area contributed by atoms with E-state index < -0.39 is 9.84 Å². The minimum atomic E-state index is -3.01. The molecule has 0 aromatic heterocycles. The molecule has 5 unspecified atom stereocenters. The molecular formula is C23H41N5O6S. The highest BCUT2D eigenvalue weighted by Gasteiger charge is 2.49. The Morgan fingerprint density at radius 2 is 1.83 bits per heavy atom. The van der Waals surface area contributed by atoms with Crippen LogP contribution in [-0.4, -0.2) is 118 Å². The third-order valence-corrected chi connectivity index (χ3v) is 9.01. The van der Waals surface area contributed by atoms with E-state index in [0.717, 1.165) is 51.7 Å². The Bertz CT molecular complexity index is 866. The fourth-order valence-corrected chi connectivity index (χ4v) is 6.82. The largest absolute Gasteiger partial charge is 0.453 e. The average Bonchev–Trinajstić information content (AvgIpc) is 3.31. The fraction of sp³-hybridized carbons (Fsp3) is 0.913. The predicted molar refractivity (Wildman–Crippen MR) is 130 cm³/mol. The van der Waals surface area contributed by atoms with Crippen molar-refractivity contribution in [3.8, 4) is 0 Å². The van der Waals surface area contributed by atoms with Crippen LogP contribution in [0.15, 0.2) is 0 Å². The maximum atomic E-state index is 13.3. The molecule has 12 heteroatoms. The number of methoxy groups -OCH3 is 1. The lowest BCUT2D eigenvalue weighted by Gasteiger charge is -2.53. The molecule has 0 bridgehead atoms. The van der Waals surface area contributed by atoms with Crippen LogP contribution < -0.4 is 10.7 Å². The predicted octanol–water partition coefficient (Wildman–Crippen LogP) is 0.666. The topological polar surface area (TPSA) is 121 Å². The Morgan fingerprint density at radius 3 is 2.51 bits per heavy atom. The van der Waals surface area contributed by atoms with Gasteiger partial charge < -0.3 is 19.7 Å². The van der Waals surface area contributed by atoms with Gasteiger partial charge in [-0.3, -0.25) is 10.3 Å². The normalized spacial score (nSPS) is 34.4. The summed E-state index contributed by atoms with van der Waals surface area (Å²) in [6, 6.07) is -0.384. The van der Waals surface area contributed by atoms with Crippen molar-refractivity contribution in [3.63, 3.8) is 0 Å². The highest BCUT2D eigenvalue weighted by Crippen LogP contribution is 2.40. The second-order valence-electron chi connectivity index (χ2n) is 10.6. The molecule has 35 heavy (non-hydrogen) atoms. The van der Waals surface area contributed by atoms with Gasteiger partial charge in [0.25, 0.3) is 0 Å². The quantitative estimate of drug-likeness (QED) is 0.544. The molecule has 200 valence electrons. The van der Waals surface area contributed by atoms with Crippen LogP contribution >= 0.6 is 0 Å². The van der Waals surface area contributed by atoms with Crippen molar-refractivity contribution in [1.29, 1.82) is 0 Å². The van der Waals surface area contributed by atoms with Gasteiger partial charge >= 0.3 is 12.2 Å². The van der Waals surface area contributed by atoms with E-state index in [-0.39, 0.29) is 42.2 Å². The molecule has 4 rings (SSSR count). The third kappa shape index (κ3) is 6.39. The van der Waals surface area contributed by atoms with Crippen molar-refractivity contribution in [2.24, 2.45) is 11.8 Å². The summed E-state index contributed by atoms with van der Waals surface area (Å²) in [5.41, 5.74) is 3.35. The molecule has 3 aliphatic heterocycles. The smallest absolute Gasteiger partial charge is 0.410 e. The van der Waals surface area contributed by atoms with Gasteiger partial charge in [-0.1, -0.05) is 0 Å². The van der Waals surface area contributed by atoms with Crippen LogP contribution in [0.2, 0.25) is 0 Å². The lowest BCUT2D eigenvalue weighted by Crippen LogP contribution is -2.67. The standard InChI is InChI=1S/C23H41N5O6S/c1-16-14-27(22(29)34-19-5-4-8-24-13-19)21-11-17(6-7-20(21)28(16)23(30)33-2)18-12-25-26(15-18)9-10-35(3,31)32/h16-21,24-25H,4-15H2,1-3H3/t16-,17?,18?,19?,20?,21?/m0/s1. The van der Waals surface area contributed by atoms with Crippen LogP contribution in [-0.2, 0) is 19.3 Å². The summed E-state index contributed by atoms with van der Waals surface area (Å²) in [7, 11) is -1.61. The number of hydrogen-bond donors (Lipinski definition) is 2. The number of amides is 2. The van der Waals surface area contributed by atoms with Gasteiger partial charge in [-0.15, -0.1) is 0 Å². The summed E-state index contributed by atoms with van der Waals surface area (Å²) in [6.45, 7) is 6.06. The maximum Gasteiger partial charge on any atom is 0.410 e. The Morgan fingerprint density at radius 1 is 1.03 bits per heavy atom. The number of hydrogen-bond acceptors (Lipinski definition) is 9. The van der Waals surface area contributed by atoms with Crippen molar-refractivity contribution in [2.45, 2.75) is 63.3 Å². The summed E-state index contributed by atoms with van der Waals surface area (Å²) < 4.78 is 34.1. The lowest BCUT2D eigenvalue weighted by atomic mass is 9.73. The van der Waals surface area contributed by atoms with Gasteiger partial charge in [-0.2, -0.15) is 0 Å². The first-order chi connectivity index (χ1) is 16.7. The minimum Gasteiger partial charge on any atom is -0.453 e. The monoisotopic (exact) mass is 515 g/mol. The highest BCUT2D eigenvalue weighted by atomic mass is 32.2. The second kappa shape index (κ2) is 11.2. The summed E-state index contributed by atoms with van der Waals surface area (Å²) in [6.07, 6.45) is 4.89. The molecule has 1 aliphatic carbocycles. The molecule has 4 fully saturated rings. The molecule has 3 saturated heterocycles. The zero-order valence-corrected chi connectivity index (χ0v) is 22.0. The van der Waals surface area contributed by atoms with Crippen LogP contribution in [0.5, 0.6) is 0 Å². The number of rotatable bonds is 5. The van der Waals surface area contributed by atoms with E-state index in [2.05, 4.69) is 10.7 Å². The Kier molecular flexibility index (Phi) is 8.45. The Hall–Kier alpha value is -1.63. The third-order valence-electron chi connectivity index (χ3n) is 8.08. The number of fused-ring (bicyclic) bond motifs is 1. The van der Waals surface area contributed by atoms with Crippen LogP contribution in [0.3, 0.4) is 0 Å². The zero-order chi connectivity index (χ0) is 25.2. The SMILES string of the molecule is COC(=O)N1C2CCC(C3CNN(CCS(C)(=O)=O)C3)CC2N(C(=O)OC2CCCNC2)C[C@@H]1C. The Labute approximate surface area is 208 Å². The van der Waals surface area contributed by atoms with Crippen LogP contribution in [0.1, 0.15) is 39.0 Å². The number of carbonyl (C=O) groups excluding carboxylic acids is 2. The van der Waals surface area contributed by atoms with Crippen molar-refractivity contribution in [2.75, 3.05) is 58.4 Å². The molecule has 0 radical (unpaired) electrons. The van der Waals surface area contributed by atoms with Gasteiger partial charge in [-0.25, -0.2) is 23.0 Å². The van der Waals surface area contributed by atoms with Crippen molar-refractivity contribution in [1.82, 2.24) is 25.6 Å². The number of nitrogens with zero attached hydrogens (tertiary/aromatic N) is 3. The van der Waals surface area contributed by atoms with Crippen LogP contribution in [0, 0.1) is 11.8 Å². The van der Waals surface area contributed by atoms with Crippen LogP contribution in [0.4, 0.5) is 9.59 Å². The number of hydrazine groups is 1. The molecular weight excluding hydrogens is 474 g/mol. The Balaban J connectivity index is 1.45. The van der Waals surface area contributed by atoms with Gasteiger partial charge in [0.15, 0.2) is 0 Å². The van der Waals surface area contributed by atoms with Crippen molar-refractivity contribution in [3.05, 3.63) is 0 Å². The number of piperidine rings is 1. The maximum absolute atomic E-state index is 13.3. The summed E-state index contributed by atoms with van der Waals surface area (Å²) >= 11 is 0. The van der Waals surface area contributed by atoms with Crippen molar-refractivity contribution >= 4 is 22.0 Å². The molecule has 3 heterocycles. The van der Waals surface area contributed by atoms with Crippen LogP contribution in [0.25, 0.3) is 0 Å². The van der Waals surface area contributed by atoms with Gasteiger partial charge in [0.05, 0.1) is 31.0 Å². The molecule has 1 saturated carbocycles. The molecule has 4 aliphatic rings. The highest BCUT2D eigenvalue weighted by molar-refractivity contribution is 7.90. The van der Waals surface area contributed by atoms with E-state index in [4.69, 9.17) is 9.47 Å². The van der Waals surface area contributed by atoms with E-state index >= 15 is 0 Å². The minimum absolute atomic E-state index is 0.102. The first kappa shape index (κ1) is 26.4. The van der Waals surface area contributed by atoms with E-state index in [1.807, 2.05) is 21.7 Å². The molecule has 2 N–H and O–H groups in total. The molecule has 6 atom stereocenters. The summed E-state index contributed by atoms with van der Waals surface area (Å²) in [5, 5.41) is 5.29. The number of nitrogens with one attached hydrogen (secondary N) is 2. The number of ether oxygens (including phenoxy) is 2. The lowest BCUT2D eigenvalue weighted by molar-refractivity contribution is -0.0479. The molecule has 0 aromatic rings. The molecule has 2 amide bonds.